The fourth-order valence-corrected chi connectivity index (χ4v) is 1.58. The van der Waals surface area contributed by atoms with Crippen LogP contribution >= 0.6 is 0 Å². The van der Waals surface area contributed by atoms with Crippen molar-refractivity contribution < 1.29 is 7.54 Å². The van der Waals surface area contributed by atoms with E-state index in [2.05, 4.69) is 6.92 Å². The van der Waals surface area contributed by atoms with Crippen molar-refractivity contribution in [3.05, 3.63) is 35.9 Å². The standard InChI is InChI=1S/C15H22O/c1-2-3-4-5-6-10-13-15(16)14-11-8-7-9-12-14/h7-9,11-12H,2-6,10,13H2,1H3/i10D,13D. The molecule has 0 aliphatic heterocycles. The molecule has 2 atom stereocenters. The quantitative estimate of drug-likeness (QED) is 0.461. The summed E-state index contributed by atoms with van der Waals surface area (Å²) in [7, 11) is 0. The van der Waals surface area contributed by atoms with E-state index in [1.807, 2.05) is 6.07 Å². The van der Waals surface area contributed by atoms with E-state index in [1.54, 1.807) is 24.3 Å². The molecule has 0 bridgehead atoms. The molecular weight excluding hydrogens is 196 g/mol. The van der Waals surface area contributed by atoms with Crippen LogP contribution in [0.15, 0.2) is 30.3 Å². The number of unbranched alkanes of at least 4 members (excludes halogenated alkanes) is 3. The van der Waals surface area contributed by atoms with Gasteiger partial charge >= 0.3 is 0 Å². The Morgan fingerprint density at radius 2 is 1.81 bits per heavy atom. The van der Waals surface area contributed by atoms with E-state index in [-0.39, 0.29) is 5.78 Å². The van der Waals surface area contributed by atoms with Gasteiger partial charge < -0.3 is 0 Å². The zero-order chi connectivity index (χ0) is 13.4. The molecule has 1 heteroatoms. The molecule has 0 saturated heterocycles. The number of ketones is 1. The van der Waals surface area contributed by atoms with E-state index in [0.717, 1.165) is 19.3 Å². The number of carbonyl (C=O) groups excluding carboxylic acids is 1. The normalized spacial score (nSPS) is 16.1. The molecule has 0 fully saturated rings. The minimum absolute atomic E-state index is 0.230. The predicted molar refractivity (Wildman–Crippen MR) is 68.8 cm³/mol. The topological polar surface area (TPSA) is 17.1 Å². The third kappa shape index (κ3) is 5.11. The van der Waals surface area contributed by atoms with Gasteiger partial charge in [0.05, 0.1) is 0 Å². The van der Waals surface area contributed by atoms with Crippen LogP contribution in [0, 0.1) is 0 Å². The molecule has 0 amide bonds. The molecule has 2 unspecified atom stereocenters. The lowest BCUT2D eigenvalue weighted by Crippen LogP contribution is -1.98. The summed E-state index contributed by atoms with van der Waals surface area (Å²) in [5.74, 6) is -0.230. The highest BCUT2D eigenvalue weighted by atomic mass is 16.1. The van der Waals surface area contributed by atoms with E-state index in [1.165, 1.54) is 6.42 Å². The first-order valence-electron chi connectivity index (χ1n) is 7.26. The zero-order valence-corrected chi connectivity index (χ0v) is 9.99. The second-order valence-corrected chi connectivity index (χ2v) is 3.98. The van der Waals surface area contributed by atoms with E-state index in [0.29, 0.717) is 12.0 Å². The van der Waals surface area contributed by atoms with Gasteiger partial charge in [0.2, 0.25) is 0 Å². The minimum Gasteiger partial charge on any atom is -0.294 e. The Hall–Kier alpha value is -1.11. The van der Waals surface area contributed by atoms with Crippen molar-refractivity contribution >= 4 is 5.78 Å². The number of benzene rings is 1. The molecule has 0 aromatic heterocycles. The Morgan fingerprint density at radius 1 is 1.12 bits per heavy atom. The molecule has 0 radical (unpaired) electrons. The first-order valence-corrected chi connectivity index (χ1v) is 6.10. The molecule has 1 rings (SSSR count). The van der Waals surface area contributed by atoms with Gasteiger partial charge in [-0.3, -0.25) is 4.79 Å². The third-order valence-corrected chi connectivity index (χ3v) is 2.55. The number of rotatable bonds is 8. The molecule has 0 saturated carbocycles. The van der Waals surface area contributed by atoms with E-state index < -0.39 is 12.8 Å². The SMILES string of the molecule is [2H]C(CCCCCC)C([2H])C(=O)c1ccccc1. The van der Waals surface area contributed by atoms with Crippen LogP contribution in [0.4, 0.5) is 0 Å². The molecule has 16 heavy (non-hydrogen) atoms. The summed E-state index contributed by atoms with van der Waals surface area (Å²) in [4.78, 5) is 12.0. The smallest absolute Gasteiger partial charge is 0.162 e. The fourth-order valence-electron chi connectivity index (χ4n) is 1.58. The summed E-state index contributed by atoms with van der Waals surface area (Å²) < 4.78 is 15.7. The summed E-state index contributed by atoms with van der Waals surface area (Å²) in [5.41, 5.74) is 0.545. The van der Waals surface area contributed by atoms with Gasteiger partial charge in [-0.25, -0.2) is 0 Å². The molecule has 0 heterocycles. The van der Waals surface area contributed by atoms with Crippen LogP contribution in [0.3, 0.4) is 0 Å². The number of hydrogen-bond donors (Lipinski definition) is 0. The molecule has 0 spiro atoms. The monoisotopic (exact) mass is 220 g/mol. The minimum atomic E-state index is -0.950. The Balaban J connectivity index is 2.43. The van der Waals surface area contributed by atoms with Crippen LogP contribution in [0.25, 0.3) is 0 Å². The first-order chi connectivity index (χ1) is 8.66. The second kappa shape index (κ2) is 8.09. The Morgan fingerprint density at radius 3 is 2.50 bits per heavy atom. The zero-order valence-electron chi connectivity index (χ0n) is 12.0. The maximum absolute atomic E-state index is 12.0. The highest BCUT2D eigenvalue weighted by Gasteiger charge is 2.03. The molecule has 88 valence electrons. The van der Waals surface area contributed by atoms with Gasteiger partial charge in [0.1, 0.15) is 0 Å². The van der Waals surface area contributed by atoms with Crippen LogP contribution in [-0.4, -0.2) is 5.78 Å². The lowest BCUT2D eigenvalue weighted by molar-refractivity contribution is 0.0979. The lowest BCUT2D eigenvalue weighted by atomic mass is 10.0. The average molecular weight is 220 g/mol. The number of carbonyl (C=O) groups is 1. The van der Waals surface area contributed by atoms with Crippen molar-refractivity contribution in [1.29, 1.82) is 0 Å². The van der Waals surface area contributed by atoms with Crippen LogP contribution in [-0.2, 0) is 0 Å². The van der Waals surface area contributed by atoms with Gasteiger partial charge in [-0.1, -0.05) is 69.4 Å². The number of hydrogen-bond acceptors (Lipinski definition) is 1. The van der Waals surface area contributed by atoms with Crippen LogP contribution in [0.1, 0.15) is 64.9 Å². The first kappa shape index (κ1) is 10.1. The van der Waals surface area contributed by atoms with E-state index in [9.17, 15) is 4.79 Å². The molecule has 0 aliphatic rings. The van der Waals surface area contributed by atoms with Gasteiger partial charge in [-0.15, -0.1) is 0 Å². The van der Waals surface area contributed by atoms with E-state index >= 15 is 0 Å². The number of Topliss-reactive ketones (excluding diaryl/α,β-unsaturated/α-hetero) is 1. The van der Waals surface area contributed by atoms with Crippen LogP contribution in [0.2, 0.25) is 0 Å². The molecule has 0 aliphatic carbocycles. The van der Waals surface area contributed by atoms with Crippen molar-refractivity contribution in [2.45, 2.75) is 51.8 Å². The maximum Gasteiger partial charge on any atom is 0.162 e. The Bertz CT molecular complexity index is 351. The van der Waals surface area contributed by atoms with Gasteiger partial charge in [0.15, 0.2) is 5.78 Å². The largest absolute Gasteiger partial charge is 0.294 e. The lowest BCUT2D eigenvalue weighted by Gasteiger charge is -2.01. The van der Waals surface area contributed by atoms with Gasteiger partial charge in [0.25, 0.3) is 0 Å². The fraction of sp³-hybridized carbons (Fsp3) is 0.533. The molecule has 1 aromatic carbocycles. The average Bonchev–Trinajstić information content (AvgIpc) is 2.42. The summed E-state index contributed by atoms with van der Waals surface area (Å²) in [5, 5.41) is 0. The van der Waals surface area contributed by atoms with Crippen molar-refractivity contribution in [3.63, 3.8) is 0 Å². The highest BCUT2D eigenvalue weighted by molar-refractivity contribution is 5.95. The Labute approximate surface area is 102 Å². The van der Waals surface area contributed by atoms with Gasteiger partial charge in [0, 0.05) is 14.7 Å². The van der Waals surface area contributed by atoms with Crippen molar-refractivity contribution in [2.24, 2.45) is 0 Å². The van der Waals surface area contributed by atoms with Crippen LogP contribution < -0.4 is 0 Å². The molecule has 1 aromatic rings. The predicted octanol–water partition coefficient (Wildman–Crippen LogP) is 4.62. The highest BCUT2D eigenvalue weighted by Crippen LogP contribution is 2.10. The van der Waals surface area contributed by atoms with Crippen molar-refractivity contribution in [1.82, 2.24) is 0 Å². The maximum atomic E-state index is 12.0. The van der Waals surface area contributed by atoms with Gasteiger partial charge in [-0.05, 0) is 6.40 Å². The summed E-state index contributed by atoms with van der Waals surface area (Å²) in [6.07, 6.45) is 3.46. The Kier molecular flexibility index (Phi) is 5.09. The third-order valence-electron chi connectivity index (χ3n) is 2.55. The molecule has 1 nitrogen and oxygen atoms in total. The van der Waals surface area contributed by atoms with Crippen molar-refractivity contribution in [2.75, 3.05) is 0 Å². The van der Waals surface area contributed by atoms with Crippen LogP contribution in [0.5, 0.6) is 0 Å². The van der Waals surface area contributed by atoms with Crippen molar-refractivity contribution in [3.8, 4) is 0 Å². The summed E-state index contributed by atoms with van der Waals surface area (Å²) in [6, 6.07) is 8.86. The summed E-state index contributed by atoms with van der Waals surface area (Å²) >= 11 is 0. The van der Waals surface area contributed by atoms with Gasteiger partial charge in [-0.2, -0.15) is 0 Å². The summed E-state index contributed by atoms with van der Waals surface area (Å²) in [6.45, 7) is 2.14. The van der Waals surface area contributed by atoms with E-state index in [4.69, 9.17) is 2.74 Å². The molecular formula is C15H22O. The second-order valence-electron chi connectivity index (χ2n) is 3.98. The molecule has 0 N–H and O–H groups in total.